The van der Waals surface area contributed by atoms with Gasteiger partial charge in [0.15, 0.2) is 0 Å². The fraction of sp³-hybridized carbons (Fsp3) is 0. The first-order valence-corrected chi connectivity index (χ1v) is 5.29. The van der Waals surface area contributed by atoms with Gasteiger partial charge in [0.25, 0.3) is 0 Å². The Morgan fingerprint density at radius 3 is 2.61 bits per heavy atom. The molecule has 18 heavy (non-hydrogen) atoms. The van der Waals surface area contributed by atoms with E-state index in [0.29, 0.717) is 5.82 Å². The number of nitrogens with zero attached hydrogens (tertiary/aromatic N) is 2. The van der Waals surface area contributed by atoms with Gasteiger partial charge < -0.3 is 5.11 Å². The van der Waals surface area contributed by atoms with Gasteiger partial charge in [0.2, 0.25) is 0 Å². The molecule has 5 heteroatoms. The molecule has 0 unspecified atom stereocenters. The van der Waals surface area contributed by atoms with Crippen LogP contribution in [0.1, 0.15) is 15.9 Å². The largest absolute Gasteiger partial charge is 0.478 e. The molecule has 0 saturated heterocycles. The topological polar surface area (TPSA) is 74.6 Å². The lowest BCUT2D eigenvalue weighted by molar-refractivity contribution is 0.0697. The van der Waals surface area contributed by atoms with Crippen LogP contribution in [0.5, 0.6) is 0 Å². The molecule has 0 fully saturated rings. The van der Waals surface area contributed by atoms with E-state index in [-0.39, 0.29) is 5.56 Å². The van der Waals surface area contributed by atoms with Crippen molar-refractivity contribution in [2.24, 2.45) is 5.10 Å². The highest BCUT2D eigenvalue weighted by molar-refractivity contribution is 5.89. The van der Waals surface area contributed by atoms with Gasteiger partial charge in [0.05, 0.1) is 11.8 Å². The number of nitrogens with one attached hydrogen (secondary N) is 1. The number of carbonyl (C=O) groups is 1. The number of anilines is 1. The highest BCUT2D eigenvalue weighted by atomic mass is 16.4. The Kier molecular flexibility index (Phi) is 3.66. The Hall–Kier alpha value is -2.69. The quantitative estimate of drug-likeness (QED) is 0.635. The normalized spacial score (nSPS) is 10.4. The van der Waals surface area contributed by atoms with Gasteiger partial charge in [-0.1, -0.05) is 18.2 Å². The molecule has 0 bridgehead atoms. The van der Waals surface area contributed by atoms with Crippen molar-refractivity contribution in [3.05, 3.63) is 59.8 Å². The summed E-state index contributed by atoms with van der Waals surface area (Å²) < 4.78 is 0. The lowest BCUT2D eigenvalue weighted by atomic mass is 10.1. The maximum atomic E-state index is 10.7. The van der Waals surface area contributed by atoms with Crippen molar-refractivity contribution in [3.8, 4) is 0 Å². The molecular formula is C13H11N3O2. The SMILES string of the molecule is O=C(O)c1ccc(/C=N\Nc2ccccn2)cc1. The summed E-state index contributed by atoms with van der Waals surface area (Å²) in [6.45, 7) is 0. The van der Waals surface area contributed by atoms with E-state index in [4.69, 9.17) is 5.11 Å². The third kappa shape index (κ3) is 3.15. The number of benzene rings is 1. The summed E-state index contributed by atoms with van der Waals surface area (Å²) in [5, 5.41) is 12.7. The average molecular weight is 241 g/mol. The molecular weight excluding hydrogens is 230 g/mol. The second-order valence-corrected chi connectivity index (χ2v) is 3.51. The molecule has 1 heterocycles. The van der Waals surface area contributed by atoms with E-state index in [2.05, 4.69) is 15.5 Å². The molecule has 0 atom stereocenters. The summed E-state index contributed by atoms with van der Waals surface area (Å²) in [5.41, 5.74) is 3.84. The van der Waals surface area contributed by atoms with Crippen LogP contribution in [0.2, 0.25) is 0 Å². The Morgan fingerprint density at radius 1 is 1.22 bits per heavy atom. The Balaban J connectivity index is 1.99. The van der Waals surface area contributed by atoms with Gasteiger partial charge in [-0.05, 0) is 29.8 Å². The molecule has 1 aromatic carbocycles. The number of aromatic nitrogens is 1. The van der Waals surface area contributed by atoms with E-state index in [1.807, 2.05) is 12.1 Å². The van der Waals surface area contributed by atoms with Gasteiger partial charge in [-0.15, -0.1) is 0 Å². The number of pyridine rings is 1. The van der Waals surface area contributed by atoms with E-state index >= 15 is 0 Å². The monoisotopic (exact) mass is 241 g/mol. The molecule has 90 valence electrons. The molecule has 0 saturated carbocycles. The summed E-state index contributed by atoms with van der Waals surface area (Å²) in [5.74, 6) is -0.291. The minimum absolute atomic E-state index is 0.254. The first-order chi connectivity index (χ1) is 8.75. The van der Waals surface area contributed by atoms with Gasteiger partial charge in [0, 0.05) is 6.20 Å². The Morgan fingerprint density at radius 2 is 2.00 bits per heavy atom. The number of rotatable bonds is 4. The minimum Gasteiger partial charge on any atom is -0.478 e. The van der Waals surface area contributed by atoms with Crippen molar-refractivity contribution in [1.29, 1.82) is 0 Å². The van der Waals surface area contributed by atoms with Crippen molar-refractivity contribution in [1.82, 2.24) is 4.98 Å². The molecule has 5 nitrogen and oxygen atoms in total. The lowest BCUT2D eigenvalue weighted by Crippen LogP contribution is -1.96. The van der Waals surface area contributed by atoms with Crippen molar-refractivity contribution in [2.75, 3.05) is 5.43 Å². The maximum Gasteiger partial charge on any atom is 0.335 e. The number of hydrogen-bond acceptors (Lipinski definition) is 4. The summed E-state index contributed by atoms with van der Waals surface area (Å²) >= 11 is 0. The zero-order chi connectivity index (χ0) is 12.8. The van der Waals surface area contributed by atoms with E-state index in [0.717, 1.165) is 5.56 Å². The zero-order valence-corrected chi connectivity index (χ0v) is 9.45. The molecule has 0 aliphatic heterocycles. The Labute approximate surface area is 104 Å². The second-order valence-electron chi connectivity index (χ2n) is 3.51. The standard InChI is InChI=1S/C13H11N3O2/c17-13(18)11-6-4-10(5-7-11)9-15-16-12-3-1-2-8-14-12/h1-9H,(H,14,16)(H,17,18)/b15-9-. The van der Waals surface area contributed by atoms with Gasteiger partial charge in [-0.25, -0.2) is 9.78 Å². The first kappa shape index (κ1) is 11.8. The van der Waals surface area contributed by atoms with E-state index in [1.165, 1.54) is 12.1 Å². The second kappa shape index (κ2) is 5.58. The van der Waals surface area contributed by atoms with Crippen LogP contribution in [-0.4, -0.2) is 22.3 Å². The van der Waals surface area contributed by atoms with E-state index in [1.54, 1.807) is 30.6 Å². The van der Waals surface area contributed by atoms with Gasteiger partial charge in [0.1, 0.15) is 5.82 Å². The summed E-state index contributed by atoms with van der Waals surface area (Å²) in [6.07, 6.45) is 3.26. The van der Waals surface area contributed by atoms with Crippen molar-refractivity contribution < 1.29 is 9.90 Å². The molecule has 1 aromatic heterocycles. The number of hydrazone groups is 1. The highest BCUT2D eigenvalue weighted by Gasteiger charge is 2.00. The van der Waals surface area contributed by atoms with Crippen LogP contribution in [0.25, 0.3) is 0 Å². The number of hydrogen-bond donors (Lipinski definition) is 2. The number of carboxylic acid groups (broad SMARTS) is 1. The van der Waals surface area contributed by atoms with Gasteiger partial charge in [-0.2, -0.15) is 5.10 Å². The van der Waals surface area contributed by atoms with Crippen LogP contribution in [0.4, 0.5) is 5.82 Å². The van der Waals surface area contributed by atoms with Crippen LogP contribution < -0.4 is 5.43 Å². The summed E-state index contributed by atoms with van der Waals surface area (Å²) in [6, 6.07) is 11.9. The fourth-order valence-corrected chi connectivity index (χ4v) is 1.31. The van der Waals surface area contributed by atoms with E-state index < -0.39 is 5.97 Å². The molecule has 0 radical (unpaired) electrons. The number of aromatic carboxylic acids is 1. The molecule has 0 aliphatic rings. The van der Waals surface area contributed by atoms with Crippen LogP contribution in [0, 0.1) is 0 Å². The van der Waals surface area contributed by atoms with Crippen LogP contribution >= 0.6 is 0 Å². The third-order valence-corrected chi connectivity index (χ3v) is 2.22. The molecule has 0 aliphatic carbocycles. The van der Waals surface area contributed by atoms with Gasteiger partial charge >= 0.3 is 5.97 Å². The minimum atomic E-state index is -0.940. The average Bonchev–Trinajstić information content (AvgIpc) is 2.40. The molecule has 0 spiro atoms. The summed E-state index contributed by atoms with van der Waals surface area (Å²) in [4.78, 5) is 14.7. The molecule has 0 amide bonds. The first-order valence-electron chi connectivity index (χ1n) is 5.29. The van der Waals surface area contributed by atoms with Crippen LogP contribution in [-0.2, 0) is 0 Å². The highest BCUT2D eigenvalue weighted by Crippen LogP contribution is 2.03. The fourth-order valence-electron chi connectivity index (χ4n) is 1.31. The molecule has 2 aromatic rings. The van der Waals surface area contributed by atoms with Crippen molar-refractivity contribution >= 4 is 18.0 Å². The Bertz CT molecular complexity index is 550. The maximum absolute atomic E-state index is 10.7. The number of carboxylic acids is 1. The predicted octanol–water partition coefficient (Wildman–Crippen LogP) is 2.23. The lowest BCUT2D eigenvalue weighted by Gasteiger charge is -1.98. The van der Waals surface area contributed by atoms with Crippen LogP contribution in [0.3, 0.4) is 0 Å². The van der Waals surface area contributed by atoms with Crippen molar-refractivity contribution in [3.63, 3.8) is 0 Å². The van der Waals surface area contributed by atoms with E-state index in [9.17, 15) is 4.79 Å². The van der Waals surface area contributed by atoms with Gasteiger partial charge in [-0.3, -0.25) is 5.43 Å². The summed E-state index contributed by atoms with van der Waals surface area (Å²) in [7, 11) is 0. The van der Waals surface area contributed by atoms with Crippen LogP contribution in [0.15, 0.2) is 53.8 Å². The van der Waals surface area contributed by atoms with Crippen molar-refractivity contribution in [2.45, 2.75) is 0 Å². The molecule has 2 rings (SSSR count). The zero-order valence-electron chi connectivity index (χ0n) is 9.45. The predicted molar refractivity (Wildman–Crippen MR) is 68.9 cm³/mol. The molecule has 2 N–H and O–H groups in total. The third-order valence-electron chi connectivity index (χ3n) is 2.22. The smallest absolute Gasteiger partial charge is 0.335 e.